The number of thioether (sulfide) groups is 1. The average molecular weight is 255 g/mol. The van der Waals surface area contributed by atoms with Crippen LogP contribution in [0.15, 0.2) is 9.95 Å². The second-order valence-corrected chi connectivity index (χ2v) is 5.76. The molecular formula is C10H13N3OS2. The van der Waals surface area contributed by atoms with Crippen molar-refractivity contribution in [1.82, 2.24) is 9.97 Å². The van der Waals surface area contributed by atoms with E-state index < -0.39 is 0 Å². The summed E-state index contributed by atoms with van der Waals surface area (Å²) in [6.45, 7) is 4.54. The smallest absolute Gasteiger partial charge is 0.260 e. The molecule has 0 fully saturated rings. The molecule has 0 bridgehead atoms. The lowest BCUT2D eigenvalue weighted by atomic mass is 10.2. The molecule has 0 aliphatic rings. The number of fused-ring (bicyclic) bond motifs is 1. The topological polar surface area (TPSA) is 71.8 Å². The van der Waals surface area contributed by atoms with Crippen LogP contribution in [0.25, 0.3) is 10.2 Å². The Bertz CT molecular complexity index is 573. The van der Waals surface area contributed by atoms with Gasteiger partial charge in [-0.25, -0.2) is 4.98 Å². The highest BCUT2D eigenvalue weighted by atomic mass is 32.2. The first-order valence-electron chi connectivity index (χ1n) is 4.96. The largest absolute Gasteiger partial charge is 0.330 e. The fourth-order valence-electron chi connectivity index (χ4n) is 1.46. The molecule has 0 radical (unpaired) electrons. The number of aryl methyl sites for hydroxylation is 2. The summed E-state index contributed by atoms with van der Waals surface area (Å²) in [7, 11) is 0. The number of thiophene rings is 1. The number of rotatable bonds is 3. The Morgan fingerprint density at radius 2 is 2.25 bits per heavy atom. The van der Waals surface area contributed by atoms with Gasteiger partial charge in [0.25, 0.3) is 5.56 Å². The van der Waals surface area contributed by atoms with Crippen LogP contribution in [-0.4, -0.2) is 22.3 Å². The highest BCUT2D eigenvalue weighted by molar-refractivity contribution is 7.99. The highest BCUT2D eigenvalue weighted by Crippen LogP contribution is 2.26. The van der Waals surface area contributed by atoms with Gasteiger partial charge in [-0.15, -0.1) is 11.3 Å². The summed E-state index contributed by atoms with van der Waals surface area (Å²) in [5, 5.41) is 1.38. The minimum absolute atomic E-state index is 0.0497. The standard InChI is InChI=1S/C10H13N3OS2/c1-5-6(2)16-9-7(5)8(14)12-10(13-9)15-4-3-11/h3-4,11H2,1-2H3,(H,12,13,14). The van der Waals surface area contributed by atoms with E-state index in [-0.39, 0.29) is 5.56 Å². The maximum atomic E-state index is 11.9. The number of nitrogens with one attached hydrogen (secondary N) is 1. The SMILES string of the molecule is Cc1sc2nc(SCCN)[nH]c(=O)c2c1C. The van der Waals surface area contributed by atoms with Gasteiger partial charge in [-0.3, -0.25) is 4.79 Å². The molecule has 3 N–H and O–H groups in total. The first-order chi connectivity index (χ1) is 7.63. The Hall–Kier alpha value is -0.850. The molecule has 2 rings (SSSR count). The second kappa shape index (κ2) is 4.57. The van der Waals surface area contributed by atoms with E-state index in [4.69, 9.17) is 5.73 Å². The second-order valence-electron chi connectivity index (χ2n) is 3.47. The third-order valence-electron chi connectivity index (χ3n) is 2.37. The van der Waals surface area contributed by atoms with Crippen LogP contribution in [0.2, 0.25) is 0 Å². The molecule has 0 unspecified atom stereocenters. The van der Waals surface area contributed by atoms with E-state index in [1.807, 2.05) is 13.8 Å². The van der Waals surface area contributed by atoms with Crippen molar-refractivity contribution < 1.29 is 0 Å². The summed E-state index contributed by atoms with van der Waals surface area (Å²) in [6.07, 6.45) is 0. The molecule has 0 amide bonds. The van der Waals surface area contributed by atoms with Gasteiger partial charge in [-0.05, 0) is 19.4 Å². The first kappa shape index (κ1) is 11.6. The Morgan fingerprint density at radius 1 is 1.50 bits per heavy atom. The molecular weight excluding hydrogens is 242 g/mol. The van der Waals surface area contributed by atoms with Gasteiger partial charge in [-0.2, -0.15) is 0 Å². The van der Waals surface area contributed by atoms with Crippen molar-refractivity contribution in [1.29, 1.82) is 0 Å². The van der Waals surface area contributed by atoms with Crippen LogP contribution in [-0.2, 0) is 0 Å². The van der Waals surface area contributed by atoms with Gasteiger partial charge in [-0.1, -0.05) is 11.8 Å². The van der Waals surface area contributed by atoms with Crippen molar-refractivity contribution in [3.63, 3.8) is 0 Å². The van der Waals surface area contributed by atoms with Gasteiger partial charge in [0, 0.05) is 17.2 Å². The lowest BCUT2D eigenvalue weighted by Gasteiger charge is -1.98. The quantitative estimate of drug-likeness (QED) is 0.646. The molecule has 2 aromatic rings. The third kappa shape index (κ3) is 2.00. The number of hydrogen-bond donors (Lipinski definition) is 2. The Morgan fingerprint density at radius 3 is 2.94 bits per heavy atom. The maximum Gasteiger partial charge on any atom is 0.260 e. The molecule has 0 spiro atoms. The van der Waals surface area contributed by atoms with Crippen molar-refractivity contribution in [3.8, 4) is 0 Å². The normalized spacial score (nSPS) is 11.2. The molecule has 16 heavy (non-hydrogen) atoms. The first-order valence-corrected chi connectivity index (χ1v) is 6.76. The van der Waals surface area contributed by atoms with Crippen LogP contribution in [0.5, 0.6) is 0 Å². The minimum atomic E-state index is -0.0497. The predicted molar refractivity (Wildman–Crippen MR) is 69.5 cm³/mol. The molecule has 0 aromatic carbocycles. The monoisotopic (exact) mass is 255 g/mol. The predicted octanol–water partition coefficient (Wildman–Crippen LogP) is 1.65. The van der Waals surface area contributed by atoms with Crippen LogP contribution in [0.3, 0.4) is 0 Å². The molecule has 2 heterocycles. The summed E-state index contributed by atoms with van der Waals surface area (Å²) in [5.41, 5.74) is 6.40. The van der Waals surface area contributed by atoms with Gasteiger partial charge < -0.3 is 10.7 Å². The van der Waals surface area contributed by atoms with E-state index in [9.17, 15) is 4.79 Å². The van der Waals surface area contributed by atoms with Crippen molar-refractivity contribution in [2.75, 3.05) is 12.3 Å². The lowest BCUT2D eigenvalue weighted by molar-refractivity contribution is 0.975. The van der Waals surface area contributed by atoms with Gasteiger partial charge in [0.2, 0.25) is 0 Å². The summed E-state index contributed by atoms with van der Waals surface area (Å²) >= 11 is 3.04. The Labute approximate surface area is 101 Å². The molecule has 0 aliphatic heterocycles. The zero-order valence-corrected chi connectivity index (χ0v) is 10.8. The van der Waals surface area contributed by atoms with Crippen LogP contribution in [0, 0.1) is 13.8 Å². The summed E-state index contributed by atoms with van der Waals surface area (Å²) in [6, 6.07) is 0. The van der Waals surface area contributed by atoms with Gasteiger partial charge in [0.15, 0.2) is 5.16 Å². The van der Waals surface area contributed by atoms with E-state index in [1.54, 1.807) is 11.3 Å². The summed E-state index contributed by atoms with van der Waals surface area (Å²) < 4.78 is 0. The van der Waals surface area contributed by atoms with Crippen molar-refractivity contribution in [2.45, 2.75) is 19.0 Å². The molecule has 2 aromatic heterocycles. The van der Waals surface area contributed by atoms with Crippen molar-refractivity contribution in [2.24, 2.45) is 5.73 Å². The molecule has 0 saturated heterocycles. The number of H-pyrrole nitrogens is 1. The van der Waals surface area contributed by atoms with Crippen LogP contribution >= 0.6 is 23.1 Å². The fourth-order valence-corrected chi connectivity index (χ4v) is 3.18. The molecule has 0 aliphatic carbocycles. The number of nitrogens with zero attached hydrogens (tertiary/aromatic N) is 1. The summed E-state index contributed by atoms with van der Waals surface area (Å²) in [4.78, 5) is 21.0. The maximum absolute atomic E-state index is 11.9. The van der Waals surface area contributed by atoms with E-state index in [1.165, 1.54) is 11.8 Å². The van der Waals surface area contributed by atoms with Gasteiger partial charge in [0.05, 0.1) is 5.39 Å². The van der Waals surface area contributed by atoms with Gasteiger partial charge >= 0.3 is 0 Å². The number of hydrogen-bond acceptors (Lipinski definition) is 5. The van der Waals surface area contributed by atoms with Crippen molar-refractivity contribution in [3.05, 3.63) is 20.8 Å². The van der Waals surface area contributed by atoms with E-state index >= 15 is 0 Å². The average Bonchev–Trinajstić information content (AvgIpc) is 2.52. The number of aromatic nitrogens is 2. The zero-order chi connectivity index (χ0) is 11.7. The van der Waals surface area contributed by atoms with Gasteiger partial charge in [0.1, 0.15) is 4.83 Å². The number of aromatic amines is 1. The fraction of sp³-hybridized carbons (Fsp3) is 0.400. The van der Waals surface area contributed by atoms with E-state index in [0.717, 1.165) is 26.4 Å². The molecule has 6 heteroatoms. The minimum Gasteiger partial charge on any atom is -0.330 e. The third-order valence-corrected chi connectivity index (χ3v) is 4.38. The molecule has 0 atom stereocenters. The van der Waals surface area contributed by atoms with Crippen LogP contribution < -0.4 is 11.3 Å². The Balaban J connectivity index is 2.55. The molecule has 4 nitrogen and oxygen atoms in total. The van der Waals surface area contributed by atoms with E-state index in [0.29, 0.717) is 11.7 Å². The van der Waals surface area contributed by atoms with Crippen LogP contribution in [0.1, 0.15) is 10.4 Å². The molecule has 86 valence electrons. The summed E-state index contributed by atoms with van der Waals surface area (Å²) in [5.74, 6) is 0.762. The zero-order valence-electron chi connectivity index (χ0n) is 9.16. The van der Waals surface area contributed by atoms with Crippen molar-refractivity contribution >= 4 is 33.3 Å². The van der Waals surface area contributed by atoms with Crippen LogP contribution in [0.4, 0.5) is 0 Å². The lowest BCUT2D eigenvalue weighted by Crippen LogP contribution is -2.10. The highest BCUT2D eigenvalue weighted by Gasteiger charge is 2.11. The Kier molecular flexibility index (Phi) is 3.32. The number of nitrogens with two attached hydrogens (primary N) is 1. The molecule has 0 saturated carbocycles. The van der Waals surface area contributed by atoms with E-state index in [2.05, 4.69) is 9.97 Å².